The van der Waals surface area contributed by atoms with Crippen molar-refractivity contribution in [3.63, 3.8) is 0 Å². The predicted octanol–water partition coefficient (Wildman–Crippen LogP) is 3.41. The summed E-state index contributed by atoms with van der Waals surface area (Å²) in [6.45, 7) is 8.49. The third-order valence-electron chi connectivity index (χ3n) is 3.49. The molecule has 0 radical (unpaired) electrons. The Balaban J connectivity index is 2.79. The van der Waals surface area contributed by atoms with Crippen molar-refractivity contribution in [2.75, 3.05) is 0 Å². The van der Waals surface area contributed by atoms with Crippen LogP contribution in [0, 0.1) is 5.41 Å². The Morgan fingerprint density at radius 3 is 2.35 bits per heavy atom. The zero-order valence-electron chi connectivity index (χ0n) is 13.1. The maximum atomic E-state index is 12.2. The molecule has 3 nitrogen and oxygen atoms in total. The van der Waals surface area contributed by atoms with Crippen LogP contribution in [0.1, 0.15) is 58.6 Å². The summed E-state index contributed by atoms with van der Waals surface area (Å²) < 4.78 is 0. The van der Waals surface area contributed by atoms with E-state index in [1.165, 1.54) is 0 Å². The highest BCUT2D eigenvalue weighted by atomic mass is 16.2. The monoisotopic (exact) mass is 276 g/mol. The molecule has 1 aromatic carbocycles. The van der Waals surface area contributed by atoms with Crippen LogP contribution in [0.2, 0.25) is 0 Å². The fourth-order valence-corrected chi connectivity index (χ4v) is 2.25. The van der Waals surface area contributed by atoms with E-state index in [1.54, 1.807) is 0 Å². The SMILES string of the molecule is CCCCC(N)C(=O)NC(c1ccccc1)C(C)(C)C. The van der Waals surface area contributed by atoms with Gasteiger partial charge < -0.3 is 11.1 Å². The Morgan fingerprint density at radius 2 is 1.85 bits per heavy atom. The van der Waals surface area contributed by atoms with Crippen molar-refractivity contribution >= 4 is 5.91 Å². The lowest BCUT2D eigenvalue weighted by atomic mass is 9.82. The molecule has 0 aromatic heterocycles. The second-order valence-electron chi connectivity index (χ2n) is 6.47. The highest BCUT2D eigenvalue weighted by Crippen LogP contribution is 2.32. The third kappa shape index (κ3) is 4.97. The third-order valence-corrected chi connectivity index (χ3v) is 3.49. The smallest absolute Gasteiger partial charge is 0.237 e. The number of nitrogens with two attached hydrogens (primary N) is 1. The molecular weight excluding hydrogens is 248 g/mol. The molecule has 2 unspecified atom stereocenters. The Labute approximate surface area is 122 Å². The van der Waals surface area contributed by atoms with E-state index in [0.29, 0.717) is 0 Å². The van der Waals surface area contributed by atoms with E-state index in [-0.39, 0.29) is 17.4 Å². The maximum absolute atomic E-state index is 12.2. The molecule has 0 bridgehead atoms. The Morgan fingerprint density at radius 1 is 1.25 bits per heavy atom. The van der Waals surface area contributed by atoms with E-state index in [4.69, 9.17) is 5.73 Å². The van der Waals surface area contributed by atoms with Crippen molar-refractivity contribution in [1.82, 2.24) is 5.32 Å². The van der Waals surface area contributed by atoms with Gasteiger partial charge in [0.1, 0.15) is 0 Å². The first-order valence-corrected chi connectivity index (χ1v) is 7.47. The van der Waals surface area contributed by atoms with Crippen LogP contribution in [0.3, 0.4) is 0 Å². The van der Waals surface area contributed by atoms with Crippen LogP contribution in [0.4, 0.5) is 0 Å². The minimum absolute atomic E-state index is 0.0242. The number of benzene rings is 1. The fourth-order valence-electron chi connectivity index (χ4n) is 2.25. The molecule has 0 heterocycles. The lowest BCUT2D eigenvalue weighted by Gasteiger charge is -2.32. The van der Waals surface area contributed by atoms with E-state index in [1.807, 2.05) is 30.3 Å². The molecule has 0 saturated heterocycles. The van der Waals surface area contributed by atoms with E-state index in [2.05, 4.69) is 33.0 Å². The largest absolute Gasteiger partial charge is 0.347 e. The van der Waals surface area contributed by atoms with Crippen LogP contribution in [-0.2, 0) is 4.79 Å². The zero-order chi connectivity index (χ0) is 15.2. The van der Waals surface area contributed by atoms with Gasteiger partial charge in [-0.2, -0.15) is 0 Å². The summed E-state index contributed by atoms with van der Waals surface area (Å²) >= 11 is 0. The zero-order valence-corrected chi connectivity index (χ0v) is 13.1. The van der Waals surface area contributed by atoms with Crippen molar-refractivity contribution in [2.45, 2.75) is 59.0 Å². The maximum Gasteiger partial charge on any atom is 0.237 e. The summed E-state index contributed by atoms with van der Waals surface area (Å²) in [5, 5.41) is 3.12. The van der Waals surface area contributed by atoms with Crippen LogP contribution in [-0.4, -0.2) is 11.9 Å². The normalized spacial score (nSPS) is 14.7. The van der Waals surface area contributed by atoms with Gasteiger partial charge in [0.05, 0.1) is 12.1 Å². The summed E-state index contributed by atoms with van der Waals surface area (Å²) in [7, 11) is 0. The van der Waals surface area contributed by atoms with Gasteiger partial charge in [0.2, 0.25) is 5.91 Å². The van der Waals surface area contributed by atoms with Crippen molar-refractivity contribution < 1.29 is 4.79 Å². The summed E-state index contributed by atoms with van der Waals surface area (Å²) in [6.07, 6.45) is 2.79. The summed E-state index contributed by atoms with van der Waals surface area (Å²) in [6, 6.07) is 9.64. The van der Waals surface area contributed by atoms with Crippen molar-refractivity contribution in [3.05, 3.63) is 35.9 Å². The standard InChI is InChI=1S/C17H28N2O/c1-5-6-12-14(18)16(20)19-15(17(2,3)4)13-10-8-7-9-11-13/h7-11,14-15H,5-6,12,18H2,1-4H3,(H,19,20). The fraction of sp³-hybridized carbons (Fsp3) is 0.588. The van der Waals surface area contributed by atoms with Crippen LogP contribution < -0.4 is 11.1 Å². The average molecular weight is 276 g/mol. The van der Waals surface area contributed by atoms with Crippen molar-refractivity contribution in [3.8, 4) is 0 Å². The molecule has 0 aliphatic carbocycles. The minimum atomic E-state index is -0.413. The quantitative estimate of drug-likeness (QED) is 0.836. The molecule has 20 heavy (non-hydrogen) atoms. The average Bonchev–Trinajstić information content (AvgIpc) is 2.41. The van der Waals surface area contributed by atoms with Gasteiger partial charge in [0.25, 0.3) is 0 Å². The number of hydrogen-bond donors (Lipinski definition) is 2. The second-order valence-corrected chi connectivity index (χ2v) is 6.47. The van der Waals surface area contributed by atoms with Gasteiger partial charge in [-0.05, 0) is 17.4 Å². The molecule has 0 spiro atoms. The molecule has 3 heteroatoms. The van der Waals surface area contributed by atoms with E-state index >= 15 is 0 Å². The number of amides is 1. The molecule has 1 rings (SSSR count). The summed E-state index contributed by atoms with van der Waals surface area (Å²) in [5.74, 6) is -0.0535. The highest BCUT2D eigenvalue weighted by molar-refractivity contribution is 5.81. The molecule has 0 saturated carbocycles. The summed E-state index contributed by atoms with van der Waals surface area (Å²) in [5.41, 5.74) is 7.03. The van der Waals surface area contributed by atoms with Gasteiger partial charge in [-0.3, -0.25) is 4.79 Å². The topological polar surface area (TPSA) is 55.1 Å². The molecule has 0 aliphatic rings. The lowest BCUT2D eigenvalue weighted by molar-refractivity contribution is -0.124. The molecule has 0 aliphatic heterocycles. The number of rotatable bonds is 6. The van der Waals surface area contributed by atoms with Gasteiger partial charge in [0.15, 0.2) is 0 Å². The molecule has 1 aromatic rings. The van der Waals surface area contributed by atoms with Gasteiger partial charge in [-0.15, -0.1) is 0 Å². The number of hydrogen-bond acceptors (Lipinski definition) is 2. The van der Waals surface area contributed by atoms with Crippen LogP contribution in [0.15, 0.2) is 30.3 Å². The first-order valence-electron chi connectivity index (χ1n) is 7.47. The van der Waals surface area contributed by atoms with E-state index in [0.717, 1.165) is 24.8 Å². The number of unbranched alkanes of at least 4 members (excludes halogenated alkanes) is 1. The predicted molar refractivity (Wildman–Crippen MR) is 84.3 cm³/mol. The molecule has 2 atom stereocenters. The molecule has 0 fully saturated rings. The first kappa shape index (κ1) is 16.7. The van der Waals surface area contributed by atoms with Crippen LogP contribution >= 0.6 is 0 Å². The van der Waals surface area contributed by atoms with Crippen LogP contribution in [0.5, 0.6) is 0 Å². The van der Waals surface area contributed by atoms with Gasteiger partial charge in [-0.1, -0.05) is 70.9 Å². The highest BCUT2D eigenvalue weighted by Gasteiger charge is 2.29. The van der Waals surface area contributed by atoms with Gasteiger partial charge in [-0.25, -0.2) is 0 Å². The number of nitrogens with one attached hydrogen (secondary N) is 1. The molecular formula is C17H28N2O. The number of carbonyl (C=O) groups is 1. The lowest BCUT2D eigenvalue weighted by Crippen LogP contribution is -2.45. The van der Waals surface area contributed by atoms with Crippen molar-refractivity contribution in [1.29, 1.82) is 0 Å². The van der Waals surface area contributed by atoms with Crippen molar-refractivity contribution in [2.24, 2.45) is 11.1 Å². The second kappa shape index (κ2) is 7.44. The van der Waals surface area contributed by atoms with Crippen LogP contribution in [0.25, 0.3) is 0 Å². The molecule has 1 amide bonds. The van der Waals surface area contributed by atoms with Gasteiger partial charge in [0, 0.05) is 0 Å². The van der Waals surface area contributed by atoms with Gasteiger partial charge >= 0.3 is 0 Å². The van der Waals surface area contributed by atoms with E-state index < -0.39 is 6.04 Å². The first-order chi connectivity index (χ1) is 9.36. The molecule has 3 N–H and O–H groups in total. The Bertz CT molecular complexity index is 409. The Kier molecular flexibility index (Phi) is 6.21. The molecule has 112 valence electrons. The Hall–Kier alpha value is -1.35. The van der Waals surface area contributed by atoms with E-state index in [9.17, 15) is 4.79 Å². The minimum Gasteiger partial charge on any atom is -0.347 e. The number of carbonyl (C=O) groups excluding carboxylic acids is 1. The summed E-state index contributed by atoms with van der Waals surface area (Å²) in [4.78, 5) is 12.2.